The Balaban J connectivity index is 2.99. The molecule has 0 spiro atoms. The molecule has 0 aromatic heterocycles. The van der Waals surface area contributed by atoms with Crippen molar-refractivity contribution in [1.29, 1.82) is 0 Å². The van der Waals surface area contributed by atoms with E-state index in [0.29, 0.717) is 0 Å². The molecule has 0 rings (SSSR count). The summed E-state index contributed by atoms with van der Waals surface area (Å²) in [5, 5.41) is 7.87. The minimum atomic E-state index is -2.61. The van der Waals surface area contributed by atoms with Crippen LogP contribution in [0.3, 0.4) is 0 Å². The molecule has 0 aliphatic rings. The maximum absolute atomic E-state index is 10.9. The summed E-state index contributed by atoms with van der Waals surface area (Å²) in [6.07, 6.45) is -2.61. The summed E-state index contributed by atoms with van der Waals surface area (Å²) in [7, 11) is 0. The predicted octanol–water partition coefficient (Wildman–Crippen LogP) is 1.00. The predicted molar refractivity (Wildman–Crippen MR) is 26.0 cm³/mol. The van der Waals surface area contributed by atoms with Gasteiger partial charge >= 0.3 is 0 Å². The van der Waals surface area contributed by atoms with Crippen molar-refractivity contribution in [3.63, 3.8) is 0 Å². The number of hydrogen-bond acceptors (Lipinski definition) is 1. The Morgan fingerprint density at radius 1 is 1.50 bits per heavy atom. The molecule has 0 fully saturated rings. The fourth-order valence-corrected chi connectivity index (χ4v) is 0. The molecule has 0 saturated carbocycles. The normalized spacial score (nSPS) is 15.5. The Labute approximate surface area is 47.5 Å². The van der Waals surface area contributed by atoms with Crippen LogP contribution in [-0.4, -0.2) is 15.6 Å². The smallest absolute Gasteiger partial charge is 0.273 e. The molecule has 0 heterocycles. The van der Waals surface area contributed by atoms with Gasteiger partial charge in [0.05, 0.1) is 0 Å². The van der Waals surface area contributed by atoms with Gasteiger partial charge in [0.25, 0.3) is 6.43 Å². The van der Waals surface area contributed by atoms with Gasteiger partial charge in [-0.2, -0.15) is 0 Å². The van der Waals surface area contributed by atoms with Gasteiger partial charge in [-0.3, -0.25) is 0 Å². The molecule has 0 aromatic carbocycles. The molecule has 0 radical (unpaired) electrons. The van der Waals surface area contributed by atoms with Crippen LogP contribution >= 0.6 is 22.6 Å². The Morgan fingerprint density at radius 3 is 1.67 bits per heavy atom. The van der Waals surface area contributed by atoms with Gasteiger partial charge in [0.1, 0.15) is 0 Å². The van der Waals surface area contributed by atoms with Crippen LogP contribution in [0.15, 0.2) is 0 Å². The second-order valence-corrected chi connectivity index (χ2v) is 1.98. The summed E-state index contributed by atoms with van der Waals surface area (Å²) in [4.78, 5) is 0. The minimum absolute atomic E-state index is 1.24. The van der Waals surface area contributed by atoms with Gasteiger partial charge in [-0.05, 0) is 22.6 Å². The van der Waals surface area contributed by atoms with Crippen molar-refractivity contribution in [2.45, 2.75) is 10.5 Å². The lowest BCUT2D eigenvalue weighted by atomic mass is 10.8. The monoisotopic (exact) mass is 208 g/mol. The number of aliphatic hydroxyl groups excluding tert-OH is 1. The number of halogens is 3. The zero-order valence-electron chi connectivity index (χ0n) is 2.74. The van der Waals surface area contributed by atoms with E-state index in [1.165, 1.54) is 22.6 Å². The minimum Gasteiger partial charge on any atom is -0.377 e. The summed E-state index contributed by atoms with van der Waals surface area (Å²) in [5.41, 5.74) is 0. The van der Waals surface area contributed by atoms with Crippen molar-refractivity contribution in [3.05, 3.63) is 0 Å². The Morgan fingerprint density at radius 2 is 1.67 bits per heavy atom. The largest absolute Gasteiger partial charge is 0.377 e. The van der Waals surface area contributed by atoms with E-state index < -0.39 is 10.5 Å². The fraction of sp³-hybridized carbons (Fsp3) is 1.00. The van der Waals surface area contributed by atoms with E-state index in [1.54, 1.807) is 0 Å². The zero-order chi connectivity index (χ0) is 5.15. The molecule has 0 bridgehead atoms. The van der Waals surface area contributed by atoms with Crippen LogP contribution in [-0.2, 0) is 0 Å². The first kappa shape index (κ1) is 6.55. The van der Waals surface area contributed by atoms with Crippen molar-refractivity contribution in [2.24, 2.45) is 0 Å². The second-order valence-electron chi connectivity index (χ2n) is 0.707. The van der Waals surface area contributed by atoms with Crippen molar-refractivity contribution >= 4 is 22.6 Å². The van der Waals surface area contributed by atoms with Crippen molar-refractivity contribution < 1.29 is 13.9 Å². The van der Waals surface area contributed by atoms with E-state index >= 15 is 0 Å². The second kappa shape index (κ2) is 2.68. The van der Waals surface area contributed by atoms with Gasteiger partial charge in [-0.25, -0.2) is 8.78 Å². The Bertz CT molecular complexity index is 32.5. The highest BCUT2D eigenvalue weighted by Crippen LogP contribution is 2.05. The van der Waals surface area contributed by atoms with E-state index in [-0.39, 0.29) is 0 Å². The number of alkyl halides is 3. The first-order valence-electron chi connectivity index (χ1n) is 1.25. The summed E-state index contributed by atoms with van der Waals surface area (Å²) in [6, 6.07) is 0. The van der Waals surface area contributed by atoms with E-state index in [1.807, 2.05) is 0 Å². The van der Waals surface area contributed by atoms with Gasteiger partial charge in [-0.1, -0.05) is 0 Å². The molecule has 1 N–H and O–H groups in total. The van der Waals surface area contributed by atoms with Crippen molar-refractivity contribution in [2.75, 3.05) is 0 Å². The van der Waals surface area contributed by atoms with Crippen LogP contribution in [0.5, 0.6) is 0 Å². The molecule has 1 atom stereocenters. The first-order chi connectivity index (χ1) is 2.64. The average Bonchev–Trinajstić information content (AvgIpc) is 1.36. The molecule has 0 amide bonds. The zero-order valence-corrected chi connectivity index (χ0v) is 4.89. The molecule has 6 heavy (non-hydrogen) atoms. The lowest BCUT2D eigenvalue weighted by Gasteiger charge is -1.94. The van der Waals surface area contributed by atoms with E-state index in [2.05, 4.69) is 0 Å². The SMILES string of the molecule is OC(I)C(F)F. The van der Waals surface area contributed by atoms with Gasteiger partial charge in [0.15, 0.2) is 4.11 Å². The van der Waals surface area contributed by atoms with Gasteiger partial charge in [0.2, 0.25) is 0 Å². The summed E-state index contributed by atoms with van der Waals surface area (Å²) >= 11 is 1.24. The van der Waals surface area contributed by atoms with Gasteiger partial charge < -0.3 is 5.11 Å². The fourth-order valence-electron chi connectivity index (χ4n) is 0. The van der Waals surface area contributed by atoms with Crippen LogP contribution in [0.2, 0.25) is 0 Å². The lowest BCUT2D eigenvalue weighted by molar-refractivity contribution is 0.0578. The molecule has 0 saturated heterocycles. The van der Waals surface area contributed by atoms with Crippen LogP contribution in [0.1, 0.15) is 0 Å². The van der Waals surface area contributed by atoms with Gasteiger partial charge in [0, 0.05) is 0 Å². The maximum atomic E-state index is 10.9. The molecule has 38 valence electrons. The molecule has 0 aromatic rings. The highest BCUT2D eigenvalue weighted by Gasteiger charge is 2.09. The molecule has 1 nitrogen and oxygen atoms in total. The quantitative estimate of drug-likeness (QED) is 0.503. The lowest BCUT2D eigenvalue weighted by Crippen LogP contribution is -2.06. The molecular weight excluding hydrogens is 205 g/mol. The third-order valence-corrected chi connectivity index (χ3v) is 0.752. The summed E-state index contributed by atoms with van der Waals surface area (Å²) in [6.45, 7) is 0. The van der Waals surface area contributed by atoms with Crippen LogP contribution in [0, 0.1) is 0 Å². The maximum Gasteiger partial charge on any atom is 0.273 e. The van der Waals surface area contributed by atoms with Gasteiger partial charge in [-0.15, -0.1) is 0 Å². The first-order valence-corrected chi connectivity index (χ1v) is 2.49. The Kier molecular flexibility index (Phi) is 2.92. The standard InChI is InChI=1S/C2H3F2IO/c3-1(4)2(5)6/h1-2,6H. The number of aliphatic hydroxyl groups is 1. The average molecular weight is 208 g/mol. The molecule has 0 aliphatic heterocycles. The van der Waals surface area contributed by atoms with Crippen LogP contribution in [0.4, 0.5) is 8.78 Å². The van der Waals surface area contributed by atoms with Crippen molar-refractivity contribution in [1.82, 2.24) is 0 Å². The van der Waals surface area contributed by atoms with Crippen molar-refractivity contribution in [3.8, 4) is 0 Å². The van der Waals surface area contributed by atoms with E-state index in [9.17, 15) is 8.78 Å². The van der Waals surface area contributed by atoms with E-state index in [4.69, 9.17) is 5.11 Å². The topological polar surface area (TPSA) is 20.2 Å². The number of hydrogen-bond donors (Lipinski definition) is 1. The van der Waals surface area contributed by atoms with Crippen LogP contribution < -0.4 is 0 Å². The summed E-state index contributed by atoms with van der Waals surface area (Å²) in [5.74, 6) is 0. The van der Waals surface area contributed by atoms with E-state index in [0.717, 1.165) is 0 Å². The third-order valence-electron chi connectivity index (χ3n) is 0.208. The molecule has 1 unspecified atom stereocenters. The number of rotatable bonds is 1. The van der Waals surface area contributed by atoms with Crippen LogP contribution in [0.25, 0.3) is 0 Å². The molecule has 4 heteroatoms. The Hall–Kier alpha value is 0.550. The summed E-state index contributed by atoms with van der Waals surface area (Å²) < 4.78 is 20.3. The highest BCUT2D eigenvalue weighted by molar-refractivity contribution is 14.1. The molecular formula is C2H3F2IO. The highest BCUT2D eigenvalue weighted by atomic mass is 127. The molecule has 0 aliphatic carbocycles. The third kappa shape index (κ3) is 2.77.